The van der Waals surface area contributed by atoms with Crippen LogP contribution in [-0.4, -0.2) is 50.3 Å². The van der Waals surface area contributed by atoms with Crippen LogP contribution in [0.5, 0.6) is 5.75 Å². The number of hydrogen-bond donors (Lipinski definition) is 2. The second kappa shape index (κ2) is 11.9. The third-order valence-electron chi connectivity index (χ3n) is 4.45. The van der Waals surface area contributed by atoms with E-state index in [1.165, 1.54) is 5.56 Å². The molecule has 0 aromatic heterocycles. The van der Waals surface area contributed by atoms with Gasteiger partial charge >= 0.3 is 0 Å². The Balaban J connectivity index is 0.00000280. The average molecular weight is 496 g/mol. The summed E-state index contributed by atoms with van der Waals surface area (Å²) in [5, 5.41) is 3.13. The predicted molar refractivity (Wildman–Crippen MR) is 125 cm³/mol. The Bertz CT molecular complexity index is 764. The van der Waals surface area contributed by atoms with Crippen LogP contribution in [-0.2, 0) is 11.3 Å². The van der Waals surface area contributed by atoms with E-state index < -0.39 is 0 Å². The third kappa shape index (κ3) is 7.29. The Morgan fingerprint density at radius 3 is 2.75 bits per heavy atom. The van der Waals surface area contributed by atoms with Gasteiger partial charge in [-0.1, -0.05) is 30.3 Å². The molecule has 0 saturated carbocycles. The smallest absolute Gasteiger partial charge is 0.193 e. The van der Waals surface area contributed by atoms with Gasteiger partial charge in [0.2, 0.25) is 0 Å². The second-order valence-electron chi connectivity index (χ2n) is 6.61. The minimum atomic E-state index is 0. The SMILES string of the molecule is Cc1cccc(NC(N)=NCc2ccccc2OCCN2CCOCC2)c1.I. The minimum absolute atomic E-state index is 0. The van der Waals surface area contributed by atoms with Crippen LogP contribution >= 0.6 is 24.0 Å². The monoisotopic (exact) mass is 496 g/mol. The van der Waals surface area contributed by atoms with E-state index in [0.717, 1.165) is 49.8 Å². The van der Waals surface area contributed by atoms with Crippen LogP contribution in [0.3, 0.4) is 0 Å². The number of ether oxygens (including phenoxy) is 2. The highest BCUT2D eigenvalue weighted by molar-refractivity contribution is 14.0. The number of nitrogens with two attached hydrogens (primary N) is 1. The molecule has 1 saturated heterocycles. The Hall–Kier alpha value is -1.84. The second-order valence-corrected chi connectivity index (χ2v) is 6.61. The first-order chi connectivity index (χ1) is 13.2. The zero-order chi connectivity index (χ0) is 18.9. The fourth-order valence-corrected chi connectivity index (χ4v) is 2.97. The molecule has 1 fully saturated rings. The normalized spacial score (nSPS) is 15.0. The van der Waals surface area contributed by atoms with Crippen LogP contribution < -0.4 is 15.8 Å². The van der Waals surface area contributed by atoms with E-state index in [4.69, 9.17) is 15.2 Å². The van der Waals surface area contributed by atoms with Gasteiger partial charge in [0.15, 0.2) is 5.96 Å². The molecule has 28 heavy (non-hydrogen) atoms. The highest BCUT2D eigenvalue weighted by Gasteiger charge is 2.10. The molecule has 152 valence electrons. The van der Waals surface area contributed by atoms with Crippen LogP contribution in [0.1, 0.15) is 11.1 Å². The van der Waals surface area contributed by atoms with Gasteiger partial charge in [0.25, 0.3) is 0 Å². The van der Waals surface area contributed by atoms with Gasteiger partial charge in [-0.25, -0.2) is 4.99 Å². The number of halogens is 1. The number of hydrogen-bond acceptors (Lipinski definition) is 4. The molecule has 0 bridgehead atoms. The fraction of sp³-hybridized carbons (Fsp3) is 0.381. The van der Waals surface area contributed by atoms with Gasteiger partial charge in [0.05, 0.1) is 19.8 Å². The van der Waals surface area contributed by atoms with E-state index >= 15 is 0 Å². The molecule has 0 radical (unpaired) electrons. The van der Waals surface area contributed by atoms with Gasteiger partial charge in [-0.3, -0.25) is 4.90 Å². The molecule has 0 unspecified atom stereocenters. The quantitative estimate of drug-likeness (QED) is 0.350. The largest absolute Gasteiger partial charge is 0.492 e. The minimum Gasteiger partial charge on any atom is -0.492 e. The number of benzene rings is 2. The molecule has 0 aliphatic carbocycles. The number of morpholine rings is 1. The van der Waals surface area contributed by atoms with E-state index in [0.29, 0.717) is 19.1 Å². The molecule has 2 aromatic rings. The van der Waals surface area contributed by atoms with Crippen molar-refractivity contribution in [1.82, 2.24) is 4.90 Å². The average Bonchev–Trinajstić information content (AvgIpc) is 2.68. The van der Waals surface area contributed by atoms with Crippen LogP contribution in [0.2, 0.25) is 0 Å². The van der Waals surface area contributed by atoms with Crippen LogP contribution in [0.4, 0.5) is 5.69 Å². The first-order valence-electron chi connectivity index (χ1n) is 9.35. The van der Waals surface area contributed by atoms with E-state index in [9.17, 15) is 0 Å². The maximum Gasteiger partial charge on any atom is 0.193 e. The number of rotatable bonds is 7. The van der Waals surface area contributed by atoms with E-state index in [-0.39, 0.29) is 24.0 Å². The molecule has 0 atom stereocenters. The summed E-state index contributed by atoms with van der Waals surface area (Å²) in [6.45, 7) is 7.61. The van der Waals surface area contributed by atoms with Gasteiger partial charge in [-0.15, -0.1) is 24.0 Å². The first-order valence-corrected chi connectivity index (χ1v) is 9.35. The Labute approximate surface area is 184 Å². The Kier molecular flexibility index (Phi) is 9.52. The molecule has 0 spiro atoms. The van der Waals surface area contributed by atoms with E-state index in [2.05, 4.69) is 15.2 Å². The molecule has 6 nitrogen and oxygen atoms in total. The van der Waals surface area contributed by atoms with Crippen molar-refractivity contribution in [1.29, 1.82) is 0 Å². The summed E-state index contributed by atoms with van der Waals surface area (Å²) in [4.78, 5) is 6.81. The summed E-state index contributed by atoms with van der Waals surface area (Å²) in [6.07, 6.45) is 0. The summed E-state index contributed by atoms with van der Waals surface area (Å²) in [5.74, 6) is 1.25. The molecule has 0 amide bonds. The molecule has 3 N–H and O–H groups in total. The number of para-hydroxylation sites is 1. The standard InChI is InChI=1S/C21H28N4O2.HI/c1-17-5-4-7-19(15-17)24-21(22)23-16-18-6-2-3-8-20(18)27-14-11-25-9-12-26-13-10-25;/h2-8,15H,9-14,16H2,1H3,(H3,22,23,24);1H. The van der Waals surface area contributed by atoms with Crippen molar-refractivity contribution in [2.24, 2.45) is 10.7 Å². The summed E-state index contributed by atoms with van der Waals surface area (Å²) < 4.78 is 11.4. The van der Waals surface area contributed by atoms with Crippen LogP contribution in [0.15, 0.2) is 53.5 Å². The van der Waals surface area contributed by atoms with Crippen LogP contribution in [0.25, 0.3) is 0 Å². The molecular weight excluding hydrogens is 467 g/mol. The highest BCUT2D eigenvalue weighted by atomic mass is 127. The highest BCUT2D eigenvalue weighted by Crippen LogP contribution is 2.19. The van der Waals surface area contributed by atoms with Gasteiger partial charge in [0, 0.05) is 30.9 Å². The van der Waals surface area contributed by atoms with Gasteiger partial charge in [-0.2, -0.15) is 0 Å². The molecule has 2 aromatic carbocycles. The zero-order valence-electron chi connectivity index (χ0n) is 16.3. The molecule has 3 rings (SSSR count). The maximum absolute atomic E-state index is 6.03. The number of guanidine groups is 1. The van der Waals surface area contributed by atoms with Crippen molar-refractivity contribution >= 4 is 35.6 Å². The van der Waals surface area contributed by atoms with Gasteiger partial charge in [-0.05, 0) is 30.7 Å². The van der Waals surface area contributed by atoms with Gasteiger partial charge < -0.3 is 20.5 Å². The topological polar surface area (TPSA) is 72.1 Å². The Morgan fingerprint density at radius 2 is 1.96 bits per heavy atom. The van der Waals surface area contributed by atoms with Gasteiger partial charge in [0.1, 0.15) is 12.4 Å². The maximum atomic E-state index is 6.03. The first kappa shape index (κ1) is 22.4. The predicted octanol–water partition coefficient (Wildman–Crippen LogP) is 3.25. The van der Waals surface area contributed by atoms with Crippen molar-refractivity contribution in [3.8, 4) is 5.75 Å². The summed E-state index contributed by atoms with van der Waals surface area (Å²) >= 11 is 0. The van der Waals surface area contributed by atoms with Crippen molar-refractivity contribution in [2.75, 3.05) is 44.8 Å². The molecule has 1 aliphatic rings. The summed E-state index contributed by atoms with van der Waals surface area (Å²) in [5.41, 5.74) is 9.16. The van der Waals surface area contributed by atoms with Crippen molar-refractivity contribution in [2.45, 2.75) is 13.5 Å². The van der Waals surface area contributed by atoms with Crippen molar-refractivity contribution in [3.63, 3.8) is 0 Å². The van der Waals surface area contributed by atoms with E-state index in [1.807, 2.05) is 55.5 Å². The number of nitrogens with one attached hydrogen (secondary N) is 1. The summed E-state index contributed by atoms with van der Waals surface area (Å²) in [7, 11) is 0. The lowest BCUT2D eigenvalue weighted by atomic mass is 10.2. The fourth-order valence-electron chi connectivity index (χ4n) is 2.97. The lowest BCUT2D eigenvalue weighted by molar-refractivity contribution is 0.0322. The number of aryl methyl sites for hydroxylation is 1. The van der Waals surface area contributed by atoms with Crippen molar-refractivity contribution in [3.05, 3.63) is 59.7 Å². The zero-order valence-corrected chi connectivity index (χ0v) is 18.6. The summed E-state index contributed by atoms with van der Waals surface area (Å²) in [6, 6.07) is 16.0. The number of anilines is 1. The number of aliphatic imine (C=N–C) groups is 1. The van der Waals surface area contributed by atoms with Crippen LogP contribution in [0, 0.1) is 6.92 Å². The van der Waals surface area contributed by atoms with E-state index in [1.54, 1.807) is 0 Å². The molecule has 1 heterocycles. The van der Waals surface area contributed by atoms with Crippen molar-refractivity contribution < 1.29 is 9.47 Å². The lowest BCUT2D eigenvalue weighted by Crippen LogP contribution is -2.38. The molecule has 1 aliphatic heterocycles. The Morgan fingerprint density at radius 1 is 1.18 bits per heavy atom. The lowest BCUT2D eigenvalue weighted by Gasteiger charge is -2.26. The molecular formula is C21H29IN4O2. The third-order valence-corrected chi connectivity index (χ3v) is 4.45. The number of nitrogens with zero attached hydrogens (tertiary/aromatic N) is 2. The molecule has 7 heteroatoms.